The molecule has 9 nitrogen and oxygen atoms in total. The average Bonchev–Trinajstić information content (AvgIpc) is 2.75. The van der Waals surface area contributed by atoms with Gasteiger partial charge in [0, 0.05) is 39.8 Å². The first-order valence-electron chi connectivity index (χ1n) is 11.1. The number of likely N-dealkylation sites (N-methyl/N-ethyl adjacent to an activating group) is 1. The zero-order valence-electron chi connectivity index (χ0n) is 20.0. The lowest BCUT2D eigenvalue weighted by molar-refractivity contribution is -0.0222. The third-order valence-corrected chi connectivity index (χ3v) is 5.95. The minimum absolute atomic E-state index is 0.107. The van der Waals surface area contributed by atoms with Crippen LogP contribution in [-0.2, 0) is 11.2 Å². The molecule has 0 bridgehead atoms. The normalized spacial score (nSPS) is 15.9. The predicted octanol–water partition coefficient (Wildman–Crippen LogP) is 2.83. The number of amides is 1. The van der Waals surface area contributed by atoms with E-state index in [0.29, 0.717) is 62.4 Å². The molecule has 0 radical (unpaired) electrons. The number of aliphatic hydroxyl groups is 1. The van der Waals surface area contributed by atoms with E-state index in [1.165, 1.54) is 0 Å². The van der Waals surface area contributed by atoms with Crippen LogP contribution < -0.4 is 10.2 Å². The monoisotopic (exact) mass is 476 g/mol. The standard InChI is InChI=1S/C23H33ClN6O3/c1-6-16-17(13-25)19(24)28-20(18(16)14-26)29(5)11-12-30-9-7-23(32,8-10-30)15-27-21(31)33-22(2,3)4/h32H,6-12,15H2,1-5H3,(H,27,31). The number of nitrogens with one attached hydrogen (secondary N) is 1. The van der Waals surface area contributed by atoms with Gasteiger partial charge in [-0.15, -0.1) is 0 Å². The smallest absolute Gasteiger partial charge is 0.407 e. The van der Waals surface area contributed by atoms with Gasteiger partial charge in [-0.2, -0.15) is 10.5 Å². The highest BCUT2D eigenvalue weighted by molar-refractivity contribution is 6.30. The second kappa shape index (κ2) is 11.0. The van der Waals surface area contributed by atoms with Gasteiger partial charge in [-0.05, 0) is 45.6 Å². The number of aromatic nitrogens is 1. The number of likely N-dealkylation sites (tertiary alicyclic amines) is 1. The number of pyridine rings is 1. The maximum absolute atomic E-state index is 11.9. The Bertz CT molecular complexity index is 939. The first-order valence-corrected chi connectivity index (χ1v) is 11.5. The minimum atomic E-state index is -0.967. The fourth-order valence-corrected chi connectivity index (χ4v) is 4.00. The summed E-state index contributed by atoms with van der Waals surface area (Å²) in [5, 5.41) is 32.6. The number of halogens is 1. The highest BCUT2D eigenvalue weighted by Crippen LogP contribution is 2.29. The molecule has 180 valence electrons. The Morgan fingerprint density at radius 3 is 2.42 bits per heavy atom. The van der Waals surface area contributed by atoms with Gasteiger partial charge in [-0.3, -0.25) is 0 Å². The molecule has 0 unspecified atom stereocenters. The molecule has 0 aliphatic carbocycles. The second-order valence-electron chi connectivity index (χ2n) is 9.37. The Morgan fingerprint density at radius 1 is 1.30 bits per heavy atom. The number of hydrogen-bond acceptors (Lipinski definition) is 8. The zero-order valence-corrected chi connectivity index (χ0v) is 20.8. The lowest BCUT2D eigenvalue weighted by Gasteiger charge is -2.38. The van der Waals surface area contributed by atoms with Gasteiger partial charge in [0.1, 0.15) is 28.7 Å². The predicted molar refractivity (Wildman–Crippen MR) is 126 cm³/mol. The topological polar surface area (TPSA) is 126 Å². The van der Waals surface area contributed by atoms with E-state index in [-0.39, 0.29) is 17.3 Å². The Morgan fingerprint density at radius 2 is 1.91 bits per heavy atom. The molecule has 1 aromatic rings. The van der Waals surface area contributed by atoms with E-state index in [0.717, 1.165) is 0 Å². The number of nitrogens with zero attached hydrogens (tertiary/aromatic N) is 5. The number of alkyl carbamates (subject to hydrolysis) is 1. The van der Waals surface area contributed by atoms with E-state index < -0.39 is 17.3 Å². The summed E-state index contributed by atoms with van der Waals surface area (Å²) in [7, 11) is 1.84. The van der Waals surface area contributed by atoms with Gasteiger partial charge in [0.2, 0.25) is 0 Å². The van der Waals surface area contributed by atoms with Crippen LogP contribution >= 0.6 is 11.6 Å². The van der Waals surface area contributed by atoms with E-state index in [1.54, 1.807) is 20.8 Å². The summed E-state index contributed by atoms with van der Waals surface area (Å²) in [4.78, 5) is 20.3. The molecule has 1 aliphatic rings. The van der Waals surface area contributed by atoms with Crippen LogP contribution in [-0.4, -0.2) is 72.1 Å². The van der Waals surface area contributed by atoms with E-state index in [9.17, 15) is 20.4 Å². The minimum Gasteiger partial charge on any atom is -0.444 e. The first-order chi connectivity index (χ1) is 15.4. The van der Waals surface area contributed by atoms with Crippen LogP contribution in [0.1, 0.15) is 57.2 Å². The first kappa shape index (κ1) is 26.7. The van der Waals surface area contributed by atoms with Crippen LogP contribution in [0.3, 0.4) is 0 Å². The Hall–Kier alpha value is -2.59. The molecule has 33 heavy (non-hydrogen) atoms. The number of carbonyl (C=O) groups excluding carboxylic acids is 1. The Kier molecular flexibility index (Phi) is 8.90. The molecular weight excluding hydrogens is 444 g/mol. The number of hydrogen-bond donors (Lipinski definition) is 2. The third-order valence-electron chi connectivity index (χ3n) is 5.68. The molecule has 1 aromatic heterocycles. The van der Waals surface area contributed by atoms with Crippen molar-refractivity contribution in [2.75, 3.05) is 44.7 Å². The highest BCUT2D eigenvalue weighted by Gasteiger charge is 2.33. The van der Waals surface area contributed by atoms with Crippen LogP contribution in [0.15, 0.2) is 0 Å². The van der Waals surface area contributed by atoms with Crippen molar-refractivity contribution >= 4 is 23.5 Å². The van der Waals surface area contributed by atoms with Crippen molar-refractivity contribution < 1.29 is 14.6 Å². The van der Waals surface area contributed by atoms with Crippen molar-refractivity contribution in [1.29, 1.82) is 10.5 Å². The van der Waals surface area contributed by atoms with E-state index in [4.69, 9.17) is 16.3 Å². The Balaban J connectivity index is 1.93. The summed E-state index contributed by atoms with van der Waals surface area (Å²) in [6, 6.07) is 4.22. The van der Waals surface area contributed by atoms with Gasteiger partial charge in [-0.25, -0.2) is 9.78 Å². The van der Waals surface area contributed by atoms with E-state index in [2.05, 4.69) is 21.3 Å². The number of piperidine rings is 1. The quantitative estimate of drug-likeness (QED) is 0.575. The van der Waals surface area contributed by atoms with Gasteiger partial charge in [0.05, 0.1) is 16.7 Å². The fraction of sp³-hybridized carbons (Fsp3) is 0.652. The lowest BCUT2D eigenvalue weighted by Crippen LogP contribution is -2.52. The van der Waals surface area contributed by atoms with Crippen molar-refractivity contribution in [2.24, 2.45) is 0 Å². The lowest BCUT2D eigenvalue weighted by atomic mass is 9.91. The number of carbonyl (C=O) groups is 1. The number of anilines is 1. The van der Waals surface area contributed by atoms with E-state index in [1.807, 2.05) is 24.9 Å². The maximum atomic E-state index is 11.9. The molecular formula is C23H33ClN6O3. The molecule has 0 aromatic carbocycles. The molecule has 0 saturated carbocycles. The molecule has 1 amide bonds. The largest absolute Gasteiger partial charge is 0.444 e. The second-order valence-corrected chi connectivity index (χ2v) is 9.73. The van der Waals surface area contributed by atoms with Gasteiger partial charge in [0.25, 0.3) is 0 Å². The molecule has 1 fully saturated rings. The molecule has 10 heteroatoms. The molecule has 0 spiro atoms. The summed E-state index contributed by atoms with van der Waals surface area (Å²) in [5.74, 6) is 0.466. The fourth-order valence-electron chi connectivity index (χ4n) is 3.77. The summed E-state index contributed by atoms with van der Waals surface area (Å²) >= 11 is 6.21. The Labute approximate surface area is 200 Å². The summed E-state index contributed by atoms with van der Waals surface area (Å²) < 4.78 is 5.23. The van der Waals surface area contributed by atoms with Crippen LogP contribution in [0.5, 0.6) is 0 Å². The molecule has 2 heterocycles. The third kappa shape index (κ3) is 7.20. The summed E-state index contributed by atoms with van der Waals surface area (Å²) in [6.45, 7) is 10.1. The van der Waals surface area contributed by atoms with Crippen LogP contribution in [0.2, 0.25) is 5.15 Å². The SMILES string of the molecule is CCc1c(C#N)c(Cl)nc(N(C)CCN2CCC(O)(CNC(=O)OC(C)(C)C)CC2)c1C#N. The van der Waals surface area contributed by atoms with Crippen molar-refractivity contribution in [3.63, 3.8) is 0 Å². The molecule has 2 N–H and O–H groups in total. The van der Waals surface area contributed by atoms with Crippen LogP contribution in [0.4, 0.5) is 10.6 Å². The number of nitriles is 2. The summed E-state index contributed by atoms with van der Waals surface area (Å²) in [5.41, 5.74) is -0.307. The highest BCUT2D eigenvalue weighted by atomic mass is 35.5. The van der Waals surface area contributed by atoms with Crippen molar-refractivity contribution in [1.82, 2.24) is 15.2 Å². The van der Waals surface area contributed by atoms with Gasteiger partial charge < -0.3 is 25.0 Å². The van der Waals surface area contributed by atoms with E-state index >= 15 is 0 Å². The van der Waals surface area contributed by atoms with Crippen molar-refractivity contribution in [2.45, 2.75) is 58.2 Å². The average molecular weight is 477 g/mol. The molecule has 0 atom stereocenters. The zero-order chi connectivity index (χ0) is 24.8. The van der Waals surface area contributed by atoms with Gasteiger partial charge in [0.15, 0.2) is 0 Å². The molecule has 2 rings (SSSR count). The number of ether oxygens (including phenoxy) is 1. The summed E-state index contributed by atoms with van der Waals surface area (Å²) in [6.07, 6.45) is 1.03. The maximum Gasteiger partial charge on any atom is 0.407 e. The van der Waals surface area contributed by atoms with Gasteiger partial charge in [-0.1, -0.05) is 18.5 Å². The molecule has 1 aliphatic heterocycles. The molecule has 1 saturated heterocycles. The number of rotatable bonds is 7. The van der Waals surface area contributed by atoms with Crippen LogP contribution in [0, 0.1) is 22.7 Å². The van der Waals surface area contributed by atoms with Crippen molar-refractivity contribution in [3.05, 3.63) is 21.8 Å². The van der Waals surface area contributed by atoms with Crippen LogP contribution in [0.25, 0.3) is 0 Å². The van der Waals surface area contributed by atoms with Gasteiger partial charge >= 0.3 is 6.09 Å². The van der Waals surface area contributed by atoms with Crippen molar-refractivity contribution in [3.8, 4) is 12.1 Å².